The Hall–Kier alpha value is -2.70. The highest BCUT2D eigenvalue weighted by atomic mass is 16.2. The maximum Gasteiger partial charge on any atom is 0.254 e. The minimum absolute atomic E-state index is 0.0414. The fraction of sp³-hybridized carbons (Fsp3) is 0.440. The Bertz CT molecular complexity index is 1100. The van der Waals surface area contributed by atoms with E-state index in [1.165, 1.54) is 22.1 Å². The number of amides is 1. The van der Waals surface area contributed by atoms with Crippen LogP contribution in [0.4, 0.5) is 0 Å². The summed E-state index contributed by atoms with van der Waals surface area (Å²) in [6.07, 6.45) is 3.97. The van der Waals surface area contributed by atoms with Gasteiger partial charge in [-0.25, -0.2) is 0 Å². The fourth-order valence-electron chi connectivity index (χ4n) is 4.84. The second-order valence-corrected chi connectivity index (χ2v) is 9.45. The van der Waals surface area contributed by atoms with E-state index in [-0.39, 0.29) is 11.4 Å². The Morgan fingerprint density at radius 3 is 2.81 bits per heavy atom. The number of carbonyl (C=O) groups is 1. The van der Waals surface area contributed by atoms with Crippen molar-refractivity contribution >= 4 is 16.8 Å². The highest BCUT2D eigenvalue weighted by Crippen LogP contribution is 2.34. The van der Waals surface area contributed by atoms with Gasteiger partial charge in [0.2, 0.25) is 0 Å². The molecule has 1 amide bonds. The van der Waals surface area contributed by atoms with Crippen LogP contribution in [0.2, 0.25) is 0 Å². The minimum atomic E-state index is 0.0414. The van der Waals surface area contributed by atoms with Crippen molar-refractivity contribution in [1.29, 1.82) is 0 Å². The lowest BCUT2D eigenvalue weighted by Gasteiger charge is -2.36. The number of carbonyl (C=O) groups excluding carboxylic acids is 1. The van der Waals surface area contributed by atoms with Gasteiger partial charge in [0.15, 0.2) is 0 Å². The second-order valence-electron chi connectivity index (χ2n) is 9.45. The van der Waals surface area contributed by atoms with Crippen LogP contribution >= 0.6 is 0 Å². The maximum absolute atomic E-state index is 13.2. The predicted molar refractivity (Wildman–Crippen MR) is 123 cm³/mol. The zero-order valence-electron chi connectivity index (χ0n) is 18.4. The molecule has 2 aliphatic rings. The Kier molecular flexibility index (Phi) is 5.28. The van der Waals surface area contributed by atoms with Crippen LogP contribution in [0.3, 0.4) is 0 Å². The van der Waals surface area contributed by atoms with Crippen molar-refractivity contribution < 1.29 is 4.79 Å². The van der Waals surface area contributed by atoms with Crippen molar-refractivity contribution in [3.8, 4) is 0 Å². The van der Waals surface area contributed by atoms with Gasteiger partial charge in [0.1, 0.15) is 0 Å². The average molecular weight is 418 g/mol. The van der Waals surface area contributed by atoms with Gasteiger partial charge in [-0.15, -0.1) is 0 Å². The summed E-state index contributed by atoms with van der Waals surface area (Å²) < 4.78 is 0. The monoisotopic (exact) mass is 417 g/mol. The molecule has 162 valence electrons. The smallest absolute Gasteiger partial charge is 0.254 e. The number of hydrogen-bond acceptors (Lipinski definition) is 4. The van der Waals surface area contributed by atoms with Gasteiger partial charge >= 0.3 is 0 Å². The molecule has 0 saturated carbocycles. The number of aromatic nitrogens is 2. The molecule has 6 nitrogen and oxygen atoms in total. The molecule has 2 aliphatic heterocycles. The molecular formula is C25H31N5O. The Labute approximate surface area is 183 Å². The number of aryl methyl sites for hydroxylation is 1. The third-order valence-electron chi connectivity index (χ3n) is 7.00. The van der Waals surface area contributed by atoms with Crippen molar-refractivity contribution in [1.82, 2.24) is 25.3 Å². The van der Waals surface area contributed by atoms with Crippen LogP contribution in [0.15, 0.2) is 42.6 Å². The summed E-state index contributed by atoms with van der Waals surface area (Å²) in [7, 11) is 0. The molecule has 6 heteroatoms. The molecule has 3 heterocycles. The summed E-state index contributed by atoms with van der Waals surface area (Å²) in [6, 6.07) is 12.8. The largest absolute Gasteiger partial charge is 0.336 e. The van der Waals surface area contributed by atoms with E-state index in [9.17, 15) is 4.79 Å². The SMILES string of the molecule is CC(C)(CCc1ccc2[nH]ncc2c1)N1Cc2cccc(C(=O)N3CCNCC3)c2C1. The lowest BCUT2D eigenvalue weighted by molar-refractivity contribution is 0.0731. The number of H-pyrrole nitrogens is 1. The first kappa shape index (κ1) is 20.2. The summed E-state index contributed by atoms with van der Waals surface area (Å²) in [5.41, 5.74) is 5.88. The molecule has 0 radical (unpaired) electrons. The van der Waals surface area contributed by atoms with E-state index >= 15 is 0 Å². The molecule has 1 fully saturated rings. The first-order valence-corrected chi connectivity index (χ1v) is 11.3. The van der Waals surface area contributed by atoms with Crippen LogP contribution in [0, 0.1) is 0 Å². The van der Waals surface area contributed by atoms with Crippen molar-refractivity contribution in [3.05, 3.63) is 64.8 Å². The molecule has 2 aromatic carbocycles. The van der Waals surface area contributed by atoms with E-state index in [0.29, 0.717) is 0 Å². The van der Waals surface area contributed by atoms with Crippen LogP contribution in [-0.2, 0) is 19.5 Å². The van der Waals surface area contributed by atoms with E-state index in [0.717, 1.165) is 63.2 Å². The molecule has 3 aromatic rings. The summed E-state index contributed by atoms with van der Waals surface area (Å²) in [5.74, 6) is 0.187. The zero-order valence-corrected chi connectivity index (χ0v) is 18.4. The van der Waals surface area contributed by atoms with Crippen LogP contribution in [0.1, 0.15) is 47.3 Å². The number of piperazine rings is 1. The zero-order chi connectivity index (χ0) is 21.4. The Balaban J connectivity index is 1.29. The van der Waals surface area contributed by atoms with Crippen molar-refractivity contribution in [2.24, 2.45) is 0 Å². The minimum Gasteiger partial charge on any atom is -0.336 e. The lowest BCUT2D eigenvalue weighted by atomic mass is 9.93. The standard InChI is InChI=1S/C25H31N5O/c1-25(2,9-8-18-6-7-23-20(14-18)15-27-28-23)30-16-19-4-3-5-21(22(19)17-30)24(31)29-12-10-26-11-13-29/h3-7,14-15,26H,8-13,16-17H2,1-2H3,(H,27,28). The molecule has 0 unspecified atom stereocenters. The van der Waals surface area contributed by atoms with E-state index in [1.54, 1.807) is 0 Å². The highest BCUT2D eigenvalue weighted by molar-refractivity contribution is 5.96. The number of nitrogens with zero attached hydrogens (tertiary/aromatic N) is 3. The summed E-state index contributed by atoms with van der Waals surface area (Å²) >= 11 is 0. The number of fused-ring (bicyclic) bond motifs is 2. The molecule has 31 heavy (non-hydrogen) atoms. The van der Waals surface area contributed by atoms with Gasteiger partial charge in [0, 0.05) is 55.8 Å². The van der Waals surface area contributed by atoms with E-state index in [2.05, 4.69) is 58.5 Å². The number of rotatable bonds is 5. The normalized spacial score (nSPS) is 17.3. The molecule has 2 N–H and O–H groups in total. The number of aromatic amines is 1. The molecule has 0 spiro atoms. The van der Waals surface area contributed by atoms with Gasteiger partial charge in [-0.3, -0.25) is 14.8 Å². The number of nitrogens with one attached hydrogen (secondary N) is 2. The van der Waals surface area contributed by atoms with Crippen molar-refractivity contribution in [3.63, 3.8) is 0 Å². The van der Waals surface area contributed by atoms with E-state index < -0.39 is 0 Å². The Morgan fingerprint density at radius 2 is 1.97 bits per heavy atom. The van der Waals surface area contributed by atoms with Crippen LogP contribution in [0.5, 0.6) is 0 Å². The molecule has 0 bridgehead atoms. The number of benzene rings is 2. The molecule has 1 saturated heterocycles. The van der Waals surface area contributed by atoms with Gasteiger partial charge < -0.3 is 10.2 Å². The van der Waals surface area contributed by atoms with Crippen LogP contribution < -0.4 is 5.32 Å². The first-order chi connectivity index (χ1) is 15.0. The molecule has 5 rings (SSSR count). The number of hydrogen-bond donors (Lipinski definition) is 2. The lowest BCUT2D eigenvalue weighted by Crippen LogP contribution is -2.46. The van der Waals surface area contributed by atoms with Gasteiger partial charge in [-0.1, -0.05) is 18.2 Å². The highest BCUT2D eigenvalue weighted by Gasteiger charge is 2.34. The van der Waals surface area contributed by atoms with Crippen molar-refractivity contribution in [2.75, 3.05) is 26.2 Å². The second kappa shape index (κ2) is 8.09. The van der Waals surface area contributed by atoms with Crippen molar-refractivity contribution in [2.45, 2.75) is 45.3 Å². The van der Waals surface area contributed by atoms with Gasteiger partial charge in [0.25, 0.3) is 5.91 Å². The third-order valence-corrected chi connectivity index (χ3v) is 7.00. The van der Waals surface area contributed by atoms with E-state index in [1.807, 2.05) is 23.2 Å². The summed E-state index contributed by atoms with van der Waals surface area (Å²) in [6.45, 7) is 9.75. The average Bonchev–Trinajstić information content (AvgIpc) is 3.44. The van der Waals surface area contributed by atoms with Crippen LogP contribution in [-0.4, -0.2) is 57.6 Å². The first-order valence-electron chi connectivity index (χ1n) is 11.3. The molecule has 1 aromatic heterocycles. The topological polar surface area (TPSA) is 64.3 Å². The quantitative estimate of drug-likeness (QED) is 0.668. The van der Waals surface area contributed by atoms with Crippen LogP contribution in [0.25, 0.3) is 10.9 Å². The maximum atomic E-state index is 13.2. The molecule has 0 atom stereocenters. The van der Waals surface area contributed by atoms with Gasteiger partial charge in [-0.2, -0.15) is 5.10 Å². The third kappa shape index (κ3) is 3.98. The van der Waals surface area contributed by atoms with Gasteiger partial charge in [0.05, 0.1) is 11.7 Å². The molecular weight excluding hydrogens is 386 g/mol. The Morgan fingerprint density at radius 1 is 1.13 bits per heavy atom. The van der Waals surface area contributed by atoms with E-state index in [4.69, 9.17) is 0 Å². The summed E-state index contributed by atoms with van der Waals surface area (Å²) in [4.78, 5) is 17.7. The predicted octanol–water partition coefficient (Wildman–Crippen LogP) is 3.34. The summed E-state index contributed by atoms with van der Waals surface area (Å²) in [5, 5.41) is 11.6. The fourth-order valence-corrected chi connectivity index (χ4v) is 4.84. The van der Waals surface area contributed by atoms with Gasteiger partial charge in [-0.05, 0) is 61.6 Å². The molecule has 0 aliphatic carbocycles.